The van der Waals surface area contributed by atoms with E-state index in [0.717, 1.165) is 24.2 Å². The van der Waals surface area contributed by atoms with Crippen molar-refractivity contribution in [3.63, 3.8) is 0 Å². The summed E-state index contributed by atoms with van der Waals surface area (Å²) in [5.41, 5.74) is 0.238. The maximum absolute atomic E-state index is 14.1. The number of hydrogen-bond acceptors (Lipinski definition) is 2. The summed E-state index contributed by atoms with van der Waals surface area (Å²) in [5.74, 6) is -1.03. The predicted molar refractivity (Wildman–Crippen MR) is 97.7 cm³/mol. The lowest BCUT2D eigenvalue weighted by atomic mass is 10.1. The molecule has 1 N–H and O–H groups in total. The highest BCUT2D eigenvalue weighted by Crippen LogP contribution is 2.31. The normalized spacial score (nSPS) is 17.4. The number of rotatable bonds is 7. The molecule has 0 aromatic heterocycles. The van der Waals surface area contributed by atoms with E-state index in [9.17, 15) is 22.4 Å². The minimum atomic E-state index is -4.59. The maximum atomic E-state index is 14.1. The Labute approximate surface area is 161 Å². The van der Waals surface area contributed by atoms with Gasteiger partial charge >= 0.3 is 6.18 Å². The van der Waals surface area contributed by atoms with Crippen molar-refractivity contribution in [3.05, 3.63) is 71.0 Å². The first-order valence-corrected chi connectivity index (χ1v) is 9.24. The average molecular weight is 394 g/mol. The van der Waals surface area contributed by atoms with Crippen LogP contribution in [0.25, 0.3) is 0 Å². The third kappa shape index (κ3) is 5.10. The Hall–Kier alpha value is -2.41. The van der Waals surface area contributed by atoms with Gasteiger partial charge in [-0.05, 0) is 37.1 Å². The Morgan fingerprint density at radius 1 is 1.11 bits per heavy atom. The molecule has 1 aliphatic rings. The molecule has 0 unspecified atom stereocenters. The monoisotopic (exact) mass is 394 g/mol. The number of alkyl halides is 3. The minimum Gasteiger partial charge on any atom is -0.335 e. The quantitative estimate of drug-likeness (QED) is 0.553. The Balaban J connectivity index is 1.57. The van der Waals surface area contributed by atoms with Gasteiger partial charge in [0.1, 0.15) is 5.82 Å². The van der Waals surface area contributed by atoms with Crippen LogP contribution in [0.15, 0.2) is 48.5 Å². The van der Waals surface area contributed by atoms with Crippen LogP contribution in [-0.4, -0.2) is 23.4 Å². The number of likely N-dealkylation sites (tertiary alicyclic amines) is 1. The average Bonchev–Trinajstić information content (AvgIpc) is 3.00. The summed E-state index contributed by atoms with van der Waals surface area (Å²) in [6, 6.07) is 12.3. The summed E-state index contributed by atoms with van der Waals surface area (Å²) < 4.78 is 52.2. The maximum Gasteiger partial charge on any atom is 0.416 e. The number of halogens is 4. The fourth-order valence-electron chi connectivity index (χ4n) is 3.44. The highest BCUT2D eigenvalue weighted by atomic mass is 19.4. The van der Waals surface area contributed by atoms with E-state index >= 15 is 0 Å². The van der Waals surface area contributed by atoms with Gasteiger partial charge in [0.25, 0.3) is 0 Å². The van der Waals surface area contributed by atoms with Crippen LogP contribution in [0.4, 0.5) is 17.6 Å². The van der Waals surface area contributed by atoms with Crippen LogP contribution in [-0.2, 0) is 24.1 Å². The number of nitrogens with one attached hydrogen (secondary N) is 1. The molecule has 1 fully saturated rings. The zero-order chi connectivity index (χ0) is 20.1. The molecular formula is C21H22F4N2O. The van der Waals surface area contributed by atoms with Crippen molar-refractivity contribution in [2.24, 2.45) is 0 Å². The van der Waals surface area contributed by atoms with E-state index in [4.69, 9.17) is 0 Å². The zero-order valence-electron chi connectivity index (χ0n) is 15.3. The van der Waals surface area contributed by atoms with Crippen LogP contribution in [0, 0.1) is 5.82 Å². The fourth-order valence-corrected chi connectivity index (χ4v) is 3.44. The Kier molecular flexibility index (Phi) is 6.34. The first-order valence-electron chi connectivity index (χ1n) is 9.24. The first-order chi connectivity index (χ1) is 13.3. The molecule has 0 bridgehead atoms. The predicted octanol–water partition coefficient (Wildman–Crippen LogP) is 4.52. The van der Waals surface area contributed by atoms with Crippen LogP contribution in [0.1, 0.15) is 36.0 Å². The fraction of sp³-hybridized carbons (Fsp3) is 0.381. The van der Waals surface area contributed by atoms with E-state index in [1.165, 1.54) is 0 Å². The molecule has 0 spiro atoms. The van der Waals surface area contributed by atoms with Gasteiger partial charge in [-0.2, -0.15) is 13.2 Å². The van der Waals surface area contributed by atoms with Gasteiger partial charge in [0, 0.05) is 31.1 Å². The Morgan fingerprint density at radius 2 is 1.86 bits per heavy atom. The molecule has 28 heavy (non-hydrogen) atoms. The van der Waals surface area contributed by atoms with E-state index in [2.05, 4.69) is 5.32 Å². The van der Waals surface area contributed by atoms with Crippen molar-refractivity contribution in [1.29, 1.82) is 0 Å². The lowest BCUT2D eigenvalue weighted by molar-refractivity contribution is -0.138. The van der Waals surface area contributed by atoms with Gasteiger partial charge in [0.15, 0.2) is 0 Å². The molecule has 1 amide bonds. The number of carbonyl (C=O) groups is 1. The molecule has 0 radical (unpaired) electrons. The molecule has 3 rings (SSSR count). The second kappa shape index (κ2) is 8.73. The van der Waals surface area contributed by atoms with Crippen molar-refractivity contribution < 1.29 is 22.4 Å². The molecule has 1 saturated heterocycles. The largest absolute Gasteiger partial charge is 0.416 e. The van der Waals surface area contributed by atoms with Crippen molar-refractivity contribution in [3.8, 4) is 0 Å². The van der Waals surface area contributed by atoms with E-state index in [-0.39, 0.29) is 24.1 Å². The summed E-state index contributed by atoms with van der Waals surface area (Å²) in [5, 5.41) is 3.33. The molecule has 1 atom stereocenters. The molecular weight excluding hydrogens is 372 g/mol. The van der Waals surface area contributed by atoms with Gasteiger partial charge in [0.2, 0.25) is 5.91 Å². The molecule has 0 aliphatic carbocycles. The first kappa shape index (κ1) is 20.3. The SMILES string of the molecule is O=C1CC[C@@H](CCNCc2ccccc2)N1Cc1ccc(C(F)(F)F)cc1F. The molecule has 0 saturated carbocycles. The molecule has 1 aliphatic heterocycles. The van der Waals surface area contributed by atoms with E-state index < -0.39 is 17.6 Å². The van der Waals surface area contributed by atoms with Crippen molar-refractivity contribution in [2.45, 2.75) is 44.6 Å². The summed E-state index contributed by atoms with van der Waals surface area (Å²) in [4.78, 5) is 13.8. The van der Waals surface area contributed by atoms with Crippen molar-refractivity contribution in [2.75, 3.05) is 6.54 Å². The lowest BCUT2D eigenvalue weighted by Gasteiger charge is -2.25. The van der Waals surface area contributed by atoms with Crippen LogP contribution < -0.4 is 5.32 Å². The third-order valence-electron chi connectivity index (χ3n) is 5.00. The van der Waals surface area contributed by atoms with Crippen LogP contribution in [0.5, 0.6) is 0 Å². The number of hydrogen-bond donors (Lipinski definition) is 1. The third-order valence-corrected chi connectivity index (χ3v) is 5.00. The van der Waals surface area contributed by atoms with Crippen molar-refractivity contribution >= 4 is 5.91 Å². The Morgan fingerprint density at radius 3 is 2.54 bits per heavy atom. The number of nitrogens with zero attached hydrogens (tertiary/aromatic N) is 1. The van der Waals surface area contributed by atoms with Crippen LogP contribution in [0.3, 0.4) is 0 Å². The van der Waals surface area contributed by atoms with Crippen LogP contribution >= 0.6 is 0 Å². The zero-order valence-corrected chi connectivity index (χ0v) is 15.3. The molecule has 7 heteroatoms. The minimum absolute atomic E-state index is 0.00778. The highest BCUT2D eigenvalue weighted by Gasteiger charge is 2.33. The summed E-state index contributed by atoms with van der Waals surface area (Å²) in [6.45, 7) is 1.40. The van der Waals surface area contributed by atoms with Gasteiger partial charge in [-0.1, -0.05) is 36.4 Å². The van der Waals surface area contributed by atoms with Gasteiger partial charge in [-0.25, -0.2) is 4.39 Å². The summed E-state index contributed by atoms with van der Waals surface area (Å²) >= 11 is 0. The number of amides is 1. The molecule has 3 nitrogen and oxygen atoms in total. The van der Waals surface area contributed by atoms with Gasteiger partial charge in [0.05, 0.1) is 5.56 Å². The molecule has 2 aromatic carbocycles. The smallest absolute Gasteiger partial charge is 0.335 e. The second-order valence-electron chi connectivity index (χ2n) is 6.97. The van der Waals surface area contributed by atoms with Gasteiger partial charge in [-0.3, -0.25) is 4.79 Å². The summed E-state index contributed by atoms with van der Waals surface area (Å²) in [6.07, 6.45) is -2.82. The highest BCUT2D eigenvalue weighted by molar-refractivity contribution is 5.78. The van der Waals surface area contributed by atoms with Crippen molar-refractivity contribution in [1.82, 2.24) is 10.2 Å². The van der Waals surface area contributed by atoms with Crippen LogP contribution in [0.2, 0.25) is 0 Å². The van der Waals surface area contributed by atoms with E-state index in [0.29, 0.717) is 31.9 Å². The standard InChI is InChI=1S/C21H22F4N2O/c22-19-12-17(21(23,24)25)7-6-16(19)14-27-18(8-9-20(27)28)10-11-26-13-15-4-2-1-3-5-15/h1-7,12,18,26H,8-11,13-14H2/t18-/m0/s1. The van der Waals surface area contributed by atoms with E-state index in [1.807, 2.05) is 30.3 Å². The Bertz CT molecular complexity index is 808. The topological polar surface area (TPSA) is 32.3 Å². The number of carbonyl (C=O) groups excluding carboxylic acids is 1. The molecule has 1 heterocycles. The van der Waals surface area contributed by atoms with Gasteiger partial charge < -0.3 is 10.2 Å². The van der Waals surface area contributed by atoms with E-state index in [1.54, 1.807) is 4.90 Å². The molecule has 150 valence electrons. The number of benzene rings is 2. The summed E-state index contributed by atoms with van der Waals surface area (Å²) in [7, 11) is 0. The molecule has 2 aromatic rings. The second-order valence-corrected chi connectivity index (χ2v) is 6.97. The van der Waals surface area contributed by atoms with Gasteiger partial charge in [-0.15, -0.1) is 0 Å². The lowest BCUT2D eigenvalue weighted by Crippen LogP contribution is -2.35.